The molecule has 5 heteroatoms. The van der Waals surface area contributed by atoms with E-state index >= 15 is 0 Å². The van der Waals surface area contributed by atoms with Crippen LogP contribution in [0, 0.1) is 6.92 Å². The molecule has 22 heavy (non-hydrogen) atoms. The average Bonchev–Trinajstić information content (AvgIpc) is 2.97. The number of carbonyl (C=O) groups excluding carboxylic acids is 1. The molecule has 0 fully saturated rings. The van der Waals surface area contributed by atoms with Crippen molar-refractivity contribution in [2.24, 2.45) is 0 Å². The van der Waals surface area contributed by atoms with Crippen molar-refractivity contribution in [2.75, 3.05) is 0 Å². The number of amides is 1. The summed E-state index contributed by atoms with van der Waals surface area (Å²) in [6.07, 6.45) is 5.81. The molecule has 1 amide bonds. The lowest BCUT2D eigenvalue weighted by atomic mass is 10.0. The molecule has 0 aliphatic rings. The second kappa shape index (κ2) is 5.97. The van der Waals surface area contributed by atoms with Crippen molar-refractivity contribution in [3.63, 3.8) is 0 Å². The van der Waals surface area contributed by atoms with Crippen LogP contribution in [0.4, 0.5) is 0 Å². The molecule has 0 spiro atoms. The summed E-state index contributed by atoms with van der Waals surface area (Å²) >= 11 is 0. The fraction of sp³-hybridized carbons (Fsp3) is 0.235. The molecule has 0 aliphatic carbocycles. The first kappa shape index (κ1) is 14.3. The Kier molecular flexibility index (Phi) is 3.87. The Balaban J connectivity index is 1.84. The van der Waals surface area contributed by atoms with E-state index in [-0.39, 0.29) is 11.9 Å². The molecule has 2 aromatic heterocycles. The highest BCUT2D eigenvalue weighted by molar-refractivity contribution is 5.99. The largest absolute Gasteiger partial charge is 0.345 e. The summed E-state index contributed by atoms with van der Waals surface area (Å²) in [6, 6.07) is 9.98. The lowest BCUT2D eigenvalue weighted by Gasteiger charge is -2.17. The van der Waals surface area contributed by atoms with Gasteiger partial charge in [-0.2, -0.15) is 5.10 Å². The monoisotopic (exact) mass is 294 g/mol. The summed E-state index contributed by atoms with van der Waals surface area (Å²) in [7, 11) is 0. The van der Waals surface area contributed by atoms with Crippen molar-refractivity contribution in [1.29, 1.82) is 0 Å². The van der Waals surface area contributed by atoms with E-state index in [0.717, 1.165) is 12.0 Å². The van der Waals surface area contributed by atoms with Gasteiger partial charge in [-0.05, 0) is 25.0 Å². The number of aromatic nitrogens is 3. The van der Waals surface area contributed by atoms with Gasteiger partial charge in [-0.25, -0.2) is 9.50 Å². The molecule has 3 aromatic rings. The van der Waals surface area contributed by atoms with Crippen LogP contribution in [-0.2, 0) is 0 Å². The van der Waals surface area contributed by atoms with Gasteiger partial charge in [0, 0.05) is 12.4 Å². The van der Waals surface area contributed by atoms with Crippen LogP contribution < -0.4 is 5.32 Å². The number of fused-ring (bicyclic) bond motifs is 1. The van der Waals surface area contributed by atoms with Gasteiger partial charge in [-0.3, -0.25) is 4.79 Å². The minimum Gasteiger partial charge on any atom is -0.345 e. The third-order valence-electron chi connectivity index (χ3n) is 3.72. The van der Waals surface area contributed by atoms with E-state index < -0.39 is 0 Å². The van der Waals surface area contributed by atoms with Gasteiger partial charge in [0.05, 0.1) is 12.2 Å². The Morgan fingerprint density at radius 1 is 1.32 bits per heavy atom. The van der Waals surface area contributed by atoms with Crippen LogP contribution in [0.5, 0.6) is 0 Å². The van der Waals surface area contributed by atoms with Crippen molar-refractivity contribution >= 4 is 11.6 Å². The third kappa shape index (κ3) is 2.70. The lowest BCUT2D eigenvalue weighted by Crippen LogP contribution is -2.28. The zero-order chi connectivity index (χ0) is 15.5. The number of benzene rings is 1. The van der Waals surface area contributed by atoms with Gasteiger partial charge in [-0.1, -0.05) is 36.8 Å². The Hall–Kier alpha value is -2.69. The molecule has 0 aliphatic heterocycles. The summed E-state index contributed by atoms with van der Waals surface area (Å²) in [4.78, 5) is 16.7. The predicted molar refractivity (Wildman–Crippen MR) is 84.7 cm³/mol. The van der Waals surface area contributed by atoms with E-state index in [1.807, 2.05) is 6.92 Å². The second-order valence-electron chi connectivity index (χ2n) is 5.29. The van der Waals surface area contributed by atoms with Crippen LogP contribution in [0.25, 0.3) is 5.65 Å². The highest BCUT2D eigenvalue weighted by Gasteiger charge is 2.18. The molecule has 1 unspecified atom stereocenters. The fourth-order valence-electron chi connectivity index (χ4n) is 2.44. The van der Waals surface area contributed by atoms with Crippen molar-refractivity contribution in [3.8, 4) is 0 Å². The maximum absolute atomic E-state index is 12.5. The molecule has 2 heterocycles. The number of hydrogen-bond acceptors (Lipinski definition) is 3. The molecule has 1 aromatic carbocycles. The van der Waals surface area contributed by atoms with Crippen molar-refractivity contribution in [3.05, 3.63) is 65.6 Å². The van der Waals surface area contributed by atoms with E-state index in [4.69, 9.17) is 0 Å². The number of nitrogens with zero attached hydrogens (tertiary/aromatic N) is 3. The number of rotatable bonds is 4. The van der Waals surface area contributed by atoms with Crippen LogP contribution in [0.3, 0.4) is 0 Å². The van der Waals surface area contributed by atoms with Crippen LogP contribution in [0.2, 0.25) is 0 Å². The Morgan fingerprint density at radius 3 is 2.82 bits per heavy atom. The molecule has 0 saturated carbocycles. The van der Waals surface area contributed by atoms with E-state index in [1.54, 1.807) is 29.2 Å². The quantitative estimate of drug-likeness (QED) is 0.805. The molecule has 0 radical (unpaired) electrons. The Bertz CT molecular complexity index is 792. The molecule has 112 valence electrons. The predicted octanol–water partition coefficient (Wildman–Crippen LogP) is 2.92. The Labute approximate surface area is 129 Å². The minimum atomic E-state index is -0.152. The van der Waals surface area contributed by atoms with Gasteiger partial charge in [0.15, 0.2) is 5.65 Å². The van der Waals surface area contributed by atoms with Gasteiger partial charge in [-0.15, -0.1) is 0 Å². The Morgan fingerprint density at radius 2 is 2.09 bits per heavy atom. The molecule has 1 atom stereocenters. The van der Waals surface area contributed by atoms with Crippen molar-refractivity contribution < 1.29 is 4.79 Å². The van der Waals surface area contributed by atoms with Gasteiger partial charge in [0.1, 0.15) is 5.56 Å². The zero-order valence-electron chi connectivity index (χ0n) is 12.7. The van der Waals surface area contributed by atoms with Gasteiger partial charge >= 0.3 is 0 Å². The molecule has 5 nitrogen and oxygen atoms in total. The summed E-state index contributed by atoms with van der Waals surface area (Å²) in [5.41, 5.74) is 3.37. The molecule has 0 bridgehead atoms. The maximum Gasteiger partial charge on any atom is 0.257 e. The summed E-state index contributed by atoms with van der Waals surface area (Å²) in [6.45, 7) is 4.10. The van der Waals surface area contributed by atoms with Crippen LogP contribution >= 0.6 is 0 Å². The van der Waals surface area contributed by atoms with Gasteiger partial charge in [0.2, 0.25) is 0 Å². The molecule has 0 saturated heterocycles. The van der Waals surface area contributed by atoms with Gasteiger partial charge in [0.25, 0.3) is 5.91 Å². The van der Waals surface area contributed by atoms with Gasteiger partial charge < -0.3 is 5.32 Å². The number of hydrogen-bond donors (Lipinski definition) is 1. The standard InChI is InChI=1S/C17H18N4O/c1-3-15(13-7-5-12(2)6-8-13)20-17(22)14-11-19-21-10-4-9-18-16(14)21/h4-11,15H,3H2,1-2H3,(H,20,22). The average molecular weight is 294 g/mol. The lowest BCUT2D eigenvalue weighted by molar-refractivity contribution is 0.0937. The zero-order valence-corrected chi connectivity index (χ0v) is 12.7. The summed E-state index contributed by atoms with van der Waals surface area (Å²) < 4.78 is 1.60. The molecule has 3 rings (SSSR count). The minimum absolute atomic E-state index is 0.0215. The SMILES string of the molecule is CCC(NC(=O)c1cnn2cccnc12)c1ccc(C)cc1. The fourth-order valence-corrected chi connectivity index (χ4v) is 2.44. The molecular weight excluding hydrogens is 276 g/mol. The van der Waals surface area contributed by atoms with Crippen LogP contribution in [0.15, 0.2) is 48.9 Å². The summed E-state index contributed by atoms with van der Waals surface area (Å²) in [5.74, 6) is -0.152. The van der Waals surface area contributed by atoms with E-state index in [0.29, 0.717) is 11.2 Å². The smallest absolute Gasteiger partial charge is 0.257 e. The van der Waals surface area contributed by atoms with Crippen LogP contribution in [0.1, 0.15) is 40.9 Å². The number of carbonyl (C=O) groups is 1. The second-order valence-corrected chi connectivity index (χ2v) is 5.29. The highest BCUT2D eigenvalue weighted by Crippen LogP contribution is 2.18. The summed E-state index contributed by atoms with van der Waals surface area (Å²) in [5, 5.41) is 7.22. The van der Waals surface area contributed by atoms with Crippen molar-refractivity contribution in [1.82, 2.24) is 19.9 Å². The van der Waals surface area contributed by atoms with Crippen molar-refractivity contribution in [2.45, 2.75) is 26.3 Å². The molecular formula is C17H18N4O. The van der Waals surface area contributed by atoms with Crippen LogP contribution in [-0.4, -0.2) is 20.5 Å². The van der Waals surface area contributed by atoms with E-state index in [2.05, 4.69) is 46.6 Å². The molecule has 1 N–H and O–H groups in total. The topological polar surface area (TPSA) is 59.3 Å². The first-order valence-corrected chi connectivity index (χ1v) is 7.35. The van der Waals surface area contributed by atoms with E-state index in [1.165, 1.54) is 5.56 Å². The first-order chi connectivity index (χ1) is 10.7. The first-order valence-electron chi connectivity index (χ1n) is 7.35. The number of nitrogens with one attached hydrogen (secondary N) is 1. The normalized spacial score (nSPS) is 12.3. The highest BCUT2D eigenvalue weighted by atomic mass is 16.1. The maximum atomic E-state index is 12.5. The third-order valence-corrected chi connectivity index (χ3v) is 3.72. The number of aryl methyl sites for hydroxylation is 1. The van der Waals surface area contributed by atoms with E-state index in [9.17, 15) is 4.79 Å².